The average Bonchev–Trinajstić information content (AvgIpc) is 3.24. The van der Waals surface area contributed by atoms with Crippen LogP contribution in [0.2, 0.25) is 0 Å². The van der Waals surface area contributed by atoms with Gasteiger partial charge in [-0.15, -0.1) is 24.0 Å². The van der Waals surface area contributed by atoms with E-state index in [4.69, 9.17) is 0 Å². The van der Waals surface area contributed by atoms with E-state index in [1.807, 2.05) is 7.05 Å². The number of aryl methyl sites for hydroxylation is 1. The zero-order valence-electron chi connectivity index (χ0n) is 17.6. The first-order chi connectivity index (χ1) is 13.7. The van der Waals surface area contributed by atoms with Crippen LogP contribution in [0.1, 0.15) is 24.0 Å². The summed E-state index contributed by atoms with van der Waals surface area (Å²) in [5.74, 6) is 0.887. The molecule has 1 aliphatic rings. The third-order valence-electron chi connectivity index (χ3n) is 5.20. The summed E-state index contributed by atoms with van der Waals surface area (Å²) in [5.41, 5.74) is 4.01. The van der Waals surface area contributed by atoms with Crippen molar-refractivity contribution >= 4 is 47.0 Å². The lowest BCUT2D eigenvalue weighted by atomic mass is 10.2. The van der Waals surface area contributed by atoms with Gasteiger partial charge >= 0.3 is 0 Å². The van der Waals surface area contributed by atoms with Crippen molar-refractivity contribution in [2.75, 3.05) is 51.2 Å². The number of rotatable bonds is 8. The van der Waals surface area contributed by atoms with Crippen molar-refractivity contribution in [2.24, 2.45) is 4.99 Å². The van der Waals surface area contributed by atoms with Crippen LogP contribution in [-0.2, 0) is 6.54 Å². The molecular weight excluding hydrogens is 493 g/mol. The Kier molecular flexibility index (Phi) is 10.8. The van der Waals surface area contributed by atoms with Crippen LogP contribution in [0.4, 0.5) is 5.69 Å². The van der Waals surface area contributed by atoms with Gasteiger partial charge in [0.2, 0.25) is 0 Å². The lowest BCUT2D eigenvalue weighted by Gasteiger charge is -2.36. The third-order valence-corrected chi connectivity index (χ3v) is 5.93. The molecule has 2 N–H and O–H groups in total. The van der Waals surface area contributed by atoms with Crippen LogP contribution < -0.4 is 15.5 Å². The van der Waals surface area contributed by atoms with E-state index in [1.54, 1.807) is 11.3 Å². The maximum absolute atomic E-state index is 4.30. The molecular formula is C22H34IN5S. The van der Waals surface area contributed by atoms with Gasteiger partial charge in [0.25, 0.3) is 0 Å². The lowest BCUT2D eigenvalue weighted by Crippen LogP contribution is -2.46. The largest absolute Gasteiger partial charge is 0.369 e. The number of piperazine rings is 1. The second kappa shape index (κ2) is 13.1. The number of nitrogens with zero attached hydrogens (tertiary/aromatic N) is 3. The van der Waals surface area contributed by atoms with E-state index >= 15 is 0 Å². The van der Waals surface area contributed by atoms with Crippen LogP contribution in [-0.4, -0.2) is 57.2 Å². The second-order valence-electron chi connectivity index (χ2n) is 7.36. The van der Waals surface area contributed by atoms with Crippen molar-refractivity contribution in [3.05, 3.63) is 52.2 Å². The molecule has 3 rings (SSSR count). The standard InChI is InChI=1S/C22H33N5S.HI/c1-19-6-5-7-21(16-19)27-13-11-26(12-14-27)10-4-3-9-24-22(23-2)25-17-20-8-15-28-18-20;/h5-8,15-16,18H,3-4,9-14,17H2,1-2H3,(H2,23,24,25);1H. The van der Waals surface area contributed by atoms with E-state index < -0.39 is 0 Å². The normalized spacial score (nSPS) is 15.1. The Hall–Kier alpha value is -1.32. The molecule has 0 aliphatic carbocycles. The highest BCUT2D eigenvalue weighted by molar-refractivity contribution is 14.0. The summed E-state index contributed by atoms with van der Waals surface area (Å²) in [4.78, 5) is 9.40. The molecule has 1 fully saturated rings. The minimum absolute atomic E-state index is 0. The molecule has 5 nitrogen and oxygen atoms in total. The van der Waals surface area contributed by atoms with Gasteiger partial charge in [-0.05, 0) is 66.4 Å². The molecule has 7 heteroatoms. The van der Waals surface area contributed by atoms with Gasteiger partial charge in [0.15, 0.2) is 5.96 Å². The van der Waals surface area contributed by atoms with Crippen LogP contribution in [0.15, 0.2) is 46.1 Å². The second-order valence-corrected chi connectivity index (χ2v) is 8.14. The molecule has 1 aromatic carbocycles. The Balaban J connectivity index is 0.00000300. The molecule has 0 unspecified atom stereocenters. The Bertz CT molecular complexity index is 727. The number of nitrogens with one attached hydrogen (secondary N) is 2. The van der Waals surface area contributed by atoms with Gasteiger partial charge in [0, 0.05) is 52.0 Å². The van der Waals surface area contributed by atoms with E-state index in [0.717, 1.165) is 51.6 Å². The molecule has 1 saturated heterocycles. The maximum atomic E-state index is 4.30. The predicted molar refractivity (Wildman–Crippen MR) is 137 cm³/mol. The van der Waals surface area contributed by atoms with Crippen LogP contribution in [0.5, 0.6) is 0 Å². The molecule has 0 amide bonds. The number of anilines is 1. The third kappa shape index (κ3) is 8.14. The molecule has 2 heterocycles. The average molecular weight is 528 g/mol. The number of hydrogen-bond acceptors (Lipinski definition) is 4. The van der Waals surface area contributed by atoms with E-state index in [2.05, 4.69) is 73.4 Å². The monoisotopic (exact) mass is 527 g/mol. The molecule has 0 bridgehead atoms. The van der Waals surface area contributed by atoms with E-state index in [0.29, 0.717) is 0 Å². The van der Waals surface area contributed by atoms with Crippen LogP contribution in [0, 0.1) is 6.92 Å². The molecule has 2 aromatic rings. The summed E-state index contributed by atoms with van der Waals surface area (Å²) in [6, 6.07) is 11.0. The van der Waals surface area contributed by atoms with Gasteiger partial charge in [-0.3, -0.25) is 9.89 Å². The number of aliphatic imine (C=N–C) groups is 1. The molecule has 1 aliphatic heterocycles. The van der Waals surface area contributed by atoms with Crippen molar-refractivity contribution < 1.29 is 0 Å². The molecule has 1 aromatic heterocycles. The van der Waals surface area contributed by atoms with E-state index in [1.165, 1.54) is 29.8 Å². The minimum atomic E-state index is 0. The number of unbranched alkanes of at least 4 members (excludes halogenated alkanes) is 1. The fraction of sp³-hybridized carbons (Fsp3) is 0.500. The highest BCUT2D eigenvalue weighted by atomic mass is 127. The number of halogens is 1. The van der Waals surface area contributed by atoms with Gasteiger partial charge in [-0.25, -0.2) is 0 Å². The zero-order valence-corrected chi connectivity index (χ0v) is 20.7. The van der Waals surface area contributed by atoms with Crippen molar-refractivity contribution in [2.45, 2.75) is 26.3 Å². The van der Waals surface area contributed by atoms with Gasteiger partial charge in [-0.1, -0.05) is 12.1 Å². The summed E-state index contributed by atoms with van der Waals surface area (Å²) in [5, 5.41) is 11.1. The lowest BCUT2D eigenvalue weighted by molar-refractivity contribution is 0.253. The van der Waals surface area contributed by atoms with Crippen LogP contribution >= 0.6 is 35.3 Å². The van der Waals surface area contributed by atoms with Crippen molar-refractivity contribution in [1.29, 1.82) is 0 Å². The van der Waals surface area contributed by atoms with Gasteiger partial charge < -0.3 is 15.5 Å². The fourth-order valence-electron chi connectivity index (χ4n) is 3.52. The molecule has 0 radical (unpaired) electrons. The smallest absolute Gasteiger partial charge is 0.191 e. The molecule has 0 spiro atoms. The first-order valence-electron chi connectivity index (χ1n) is 10.2. The topological polar surface area (TPSA) is 42.9 Å². The molecule has 0 saturated carbocycles. The molecule has 29 heavy (non-hydrogen) atoms. The summed E-state index contributed by atoms with van der Waals surface area (Å²) in [6.45, 7) is 9.71. The molecule has 160 valence electrons. The highest BCUT2D eigenvalue weighted by Crippen LogP contribution is 2.17. The maximum Gasteiger partial charge on any atom is 0.191 e. The zero-order chi connectivity index (χ0) is 19.6. The minimum Gasteiger partial charge on any atom is -0.369 e. The fourth-order valence-corrected chi connectivity index (χ4v) is 4.19. The number of benzene rings is 1. The quantitative estimate of drug-likeness (QED) is 0.236. The Morgan fingerprint density at radius 1 is 1.10 bits per heavy atom. The number of hydrogen-bond donors (Lipinski definition) is 2. The summed E-state index contributed by atoms with van der Waals surface area (Å²) < 4.78 is 0. The van der Waals surface area contributed by atoms with Crippen LogP contribution in [0.25, 0.3) is 0 Å². The first-order valence-corrected chi connectivity index (χ1v) is 11.2. The molecule has 0 atom stereocenters. The van der Waals surface area contributed by atoms with Crippen molar-refractivity contribution in [3.8, 4) is 0 Å². The van der Waals surface area contributed by atoms with Gasteiger partial charge in [0.1, 0.15) is 0 Å². The van der Waals surface area contributed by atoms with E-state index in [-0.39, 0.29) is 24.0 Å². The van der Waals surface area contributed by atoms with Crippen molar-refractivity contribution in [3.63, 3.8) is 0 Å². The highest BCUT2D eigenvalue weighted by Gasteiger charge is 2.16. The van der Waals surface area contributed by atoms with Gasteiger partial charge in [-0.2, -0.15) is 11.3 Å². The van der Waals surface area contributed by atoms with Crippen LogP contribution in [0.3, 0.4) is 0 Å². The Morgan fingerprint density at radius 2 is 1.93 bits per heavy atom. The summed E-state index contributed by atoms with van der Waals surface area (Å²) in [7, 11) is 1.83. The SMILES string of the molecule is CN=C(NCCCCN1CCN(c2cccc(C)c2)CC1)NCc1ccsc1.I. The summed E-state index contributed by atoms with van der Waals surface area (Å²) >= 11 is 1.73. The predicted octanol–water partition coefficient (Wildman–Crippen LogP) is 3.94. The Labute approximate surface area is 196 Å². The van der Waals surface area contributed by atoms with Crippen molar-refractivity contribution in [1.82, 2.24) is 15.5 Å². The van der Waals surface area contributed by atoms with E-state index in [9.17, 15) is 0 Å². The summed E-state index contributed by atoms with van der Waals surface area (Å²) in [6.07, 6.45) is 2.39. The number of thiophene rings is 1. The first kappa shape index (κ1) is 24.0. The Morgan fingerprint density at radius 3 is 2.62 bits per heavy atom. The number of guanidine groups is 1. The van der Waals surface area contributed by atoms with Gasteiger partial charge in [0.05, 0.1) is 0 Å².